The van der Waals surface area contributed by atoms with E-state index in [-0.39, 0.29) is 11.5 Å². The van der Waals surface area contributed by atoms with Crippen LogP contribution < -0.4 is 10.1 Å². The van der Waals surface area contributed by atoms with E-state index in [0.717, 1.165) is 0 Å². The number of carboxylic acids is 1. The number of methoxy groups -OCH3 is 1. The smallest absolute Gasteiger partial charge is 0.339 e. The van der Waals surface area contributed by atoms with Crippen LogP contribution in [0.15, 0.2) is 24.4 Å². The lowest BCUT2D eigenvalue weighted by Crippen LogP contribution is -2.07. The van der Waals surface area contributed by atoms with Crippen LogP contribution in [0.25, 0.3) is 0 Å². The van der Waals surface area contributed by atoms with Gasteiger partial charge in [0.1, 0.15) is 17.5 Å². The third-order valence-electron chi connectivity index (χ3n) is 2.81. The highest BCUT2D eigenvalue weighted by Crippen LogP contribution is 2.29. The number of aromatic carboxylic acids is 1. The molecule has 1 aromatic heterocycles. The van der Waals surface area contributed by atoms with Gasteiger partial charge < -0.3 is 15.2 Å². The Labute approximate surface area is 120 Å². The maximum absolute atomic E-state index is 10.9. The predicted octanol–water partition coefficient (Wildman–Crippen LogP) is 2.11. The van der Waals surface area contributed by atoms with Gasteiger partial charge >= 0.3 is 5.97 Å². The van der Waals surface area contributed by atoms with Gasteiger partial charge in [0.25, 0.3) is 0 Å². The van der Waals surface area contributed by atoms with Crippen LogP contribution in [0.4, 0.5) is 11.6 Å². The predicted molar refractivity (Wildman–Crippen MR) is 74.7 cm³/mol. The summed E-state index contributed by atoms with van der Waals surface area (Å²) in [6, 6.07) is 7.06. The number of nitriles is 1. The molecule has 0 aliphatic heterocycles. The van der Waals surface area contributed by atoms with Crippen LogP contribution in [0, 0.1) is 18.3 Å². The molecule has 0 atom stereocenters. The SMILES string of the molecule is COc1cccc(C#N)c1Nc1ncc(C(=O)O)c(C)n1. The number of hydrogen-bond acceptors (Lipinski definition) is 6. The number of carboxylic acid groups (broad SMARTS) is 1. The number of rotatable bonds is 4. The Bertz CT molecular complexity index is 737. The van der Waals surface area contributed by atoms with Crippen molar-refractivity contribution in [3.05, 3.63) is 41.2 Å². The summed E-state index contributed by atoms with van der Waals surface area (Å²) in [5.74, 6) is -0.426. The first-order chi connectivity index (χ1) is 10.1. The van der Waals surface area contributed by atoms with Crippen molar-refractivity contribution < 1.29 is 14.6 Å². The van der Waals surface area contributed by atoms with Crippen LogP contribution in [0.2, 0.25) is 0 Å². The molecule has 0 fully saturated rings. The molecule has 2 aromatic rings. The molecule has 0 saturated carbocycles. The second kappa shape index (κ2) is 5.88. The zero-order chi connectivity index (χ0) is 15.4. The molecule has 0 spiro atoms. The molecule has 2 N–H and O–H groups in total. The first-order valence-corrected chi connectivity index (χ1v) is 5.98. The second-order valence-corrected chi connectivity index (χ2v) is 4.12. The fraction of sp³-hybridized carbons (Fsp3) is 0.143. The molecule has 0 aliphatic carbocycles. The van der Waals surface area contributed by atoms with Gasteiger partial charge in [0, 0.05) is 6.20 Å². The first-order valence-electron chi connectivity index (χ1n) is 5.98. The molecule has 0 bridgehead atoms. The van der Waals surface area contributed by atoms with Gasteiger partial charge in [0.2, 0.25) is 5.95 Å². The minimum Gasteiger partial charge on any atom is -0.495 e. The van der Waals surface area contributed by atoms with E-state index in [4.69, 9.17) is 15.1 Å². The number of aryl methyl sites for hydroxylation is 1. The summed E-state index contributed by atoms with van der Waals surface area (Å²) in [7, 11) is 1.49. The molecule has 7 nitrogen and oxygen atoms in total. The Morgan fingerprint density at radius 3 is 2.81 bits per heavy atom. The van der Waals surface area contributed by atoms with Gasteiger partial charge in [-0.15, -0.1) is 0 Å². The molecule has 106 valence electrons. The Kier molecular flexibility index (Phi) is 4.00. The van der Waals surface area contributed by atoms with Crippen LogP contribution in [0.1, 0.15) is 21.6 Å². The van der Waals surface area contributed by atoms with Crippen LogP contribution in [-0.4, -0.2) is 28.2 Å². The van der Waals surface area contributed by atoms with Gasteiger partial charge in [0.15, 0.2) is 0 Å². The van der Waals surface area contributed by atoms with E-state index in [2.05, 4.69) is 15.3 Å². The summed E-state index contributed by atoms with van der Waals surface area (Å²) in [6.07, 6.45) is 1.22. The minimum absolute atomic E-state index is 0.0288. The van der Waals surface area contributed by atoms with Gasteiger partial charge in [0.05, 0.1) is 23.9 Å². The van der Waals surface area contributed by atoms with E-state index < -0.39 is 5.97 Å². The molecule has 2 rings (SSSR count). The average molecular weight is 284 g/mol. The third-order valence-corrected chi connectivity index (χ3v) is 2.81. The van der Waals surface area contributed by atoms with Crippen LogP contribution in [0.5, 0.6) is 5.75 Å². The number of ether oxygens (including phenoxy) is 1. The van der Waals surface area contributed by atoms with Gasteiger partial charge in [-0.3, -0.25) is 0 Å². The van der Waals surface area contributed by atoms with Crippen molar-refractivity contribution in [2.45, 2.75) is 6.92 Å². The van der Waals surface area contributed by atoms with E-state index in [0.29, 0.717) is 22.7 Å². The van der Waals surface area contributed by atoms with Crippen LogP contribution in [0.3, 0.4) is 0 Å². The second-order valence-electron chi connectivity index (χ2n) is 4.12. The van der Waals surface area contributed by atoms with E-state index in [1.807, 2.05) is 6.07 Å². The summed E-state index contributed by atoms with van der Waals surface area (Å²) < 4.78 is 5.19. The monoisotopic (exact) mass is 284 g/mol. The van der Waals surface area contributed by atoms with E-state index in [1.54, 1.807) is 25.1 Å². The average Bonchev–Trinajstić information content (AvgIpc) is 2.47. The highest BCUT2D eigenvalue weighted by Gasteiger charge is 2.13. The maximum atomic E-state index is 10.9. The fourth-order valence-corrected chi connectivity index (χ4v) is 1.77. The molecule has 0 aliphatic rings. The Morgan fingerprint density at radius 1 is 1.48 bits per heavy atom. The zero-order valence-electron chi connectivity index (χ0n) is 11.4. The lowest BCUT2D eigenvalue weighted by molar-refractivity contribution is 0.0695. The molecule has 1 heterocycles. The molecular formula is C14H12N4O3. The Hall–Kier alpha value is -3.14. The summed E-state index contributed by atoms with van der Waals surface area (Å²) in [6.45, 7) is 1.57. The molecule has 1 aromatic carbocycles. The quantitative estimate of drug-likeness (QED) is 0.884. The summed E-state index contributed by atoms with van der Waals surface area (Å²) >= 11 is 0. The number of nitrogens with zero attached hydrogens (tertiary/aromatic N) is 3. The van der Waals surface area contributed by atoms with E-state index in [9.17, 15) is 4.79 Å². The van der Waals surface area contributed by atoms with Crippen molar-refractivity contribution in [3.63, 3.8) is 0 Å². The third kappa shape index (κ3) is 2.90. The highest BCUT2D eigenvalue weighted by molar-refractivity contribution is 5.88. The maximum Gasteiger partial charge on any atom is 0.339 e. The summed E-state index contributed by atoms with van der Waals surface area (Å²) in [4.78, 5) is 18.9. The standard InChI is InChI=1S/C14H12N4O3/c1-8-10(13(19)20)7-16-14(17-8)18-12-9(6-15)4-3-5-11(12)21-2/h3-5,7H,1-2H3,(H,19,20)(H,16,17,18). The van der Waals surface area contributed by atoms with Crippen molar-refractivity contribution in [1.29, 1.82) is 5.26 Å². The number of nitrogens with one attached hydrogen (secondary N) is 1. The Morgan fingerprint density at radius 2 is 2.24 bits per heavy atom. The lowest BCUT2D eigenvalue weighted by Gasteiger charge is -2.12. The highest BCUT2D eigenvalue weighted by atomic mass is 16.5. The van der Waals surface area contributed by atoms with E-state index >= 15 is 0 Å². The van der Waals surface area contributed by atoms with Crippen LogP contribution >= 0.6 is 0 Å². The molecule has 0 unspecified atom stereocenters. The van der Waals surface area contributed by atoms with Crippen molar-refractivity contribution in [2.24, 2.45) is 0 Å². The minimum atomic E-state index is -1.09. The molecule has 21 heavy (non-hydrogen) atoms. The number of aromatic nitrogens is 2. The summed E-state index contributed by atoms with van der Waals surface area (Å²) in [5, 5.41) is 21.0. The van der Waals surface area contributed by atoms with Gasteiger partial charge in [-0.1, -0.05) is 6.07 Å². The number of hydrogen-bond donors (Lipinski definition) is 2. The topological polar surface area (TPSA) is 108 Å². The normalized spacial score (nSPS) is 9.76. The van der Waals surface area contributed by atoms with Gasteiger partial charge in [-0.05, 0) is 19.1 Å². The largest absolute Gasteiger partial charge is 0.495 e. The molecule has 0 radical (unpaired) electrons. The number of para-hydroxylation sites is 1. The zero-order valence-corrected chi connectivity index (χ0v) is 11.4. The Balaban J connectivity index is 2.41. The van der Waals surface area contributed by atoms with Crippen molar-refractivity contribution in [2.75, 3.05) is 12.4 Å². The van der Waals surface area contributed by atoms with Gasteiger partial charge in [-0.2, -0.15) is 5.26 Å². The molecule has 0 amide bonds. The van der Waals surface area contributed by atoms with Crippen molar-refractivity contribution >= 4 is 17.6 Å². The van der Waals surface area contributed by atoms with E-state index in [1.165, 1.54) is 13.3 Å². The van der Waals surface area contributed by atoms with Crippen molar-refractivity contribution in [1.82, 2.24) is 9.97 Å². The molecule has 0 saturated heterocycles. The first kappa shape index (κ1) is 14.3. The lowest BCUT2D eigenvalue weighted by atomic mass is 10.2. The molecule has 7 heteroatoms. The van der Waals surface area contributed by atoms with Gasteiger partial charge in [-0.25, -0.2) is 14.8 Å². The fourth-order valence-electron chi connectivity index (χ4n) is 1.77. The number of benzene rings is 1. The number of anilines is 2. The van der Waals surface area contributed by atoms with Crippen LogP contribution in [-0.2, 0) is 0 Å². The molecular weight excluding hydrogens is 272 g/mol. The number of carbonyl (C=O) groups is 1. The summed E-state index contributed by atoms with van der Waals surface area (Å²) in [5.41, 5.74) is 1.16. The van der Waals surface area contributed by atoms with Crippen molar-refractivity contribution in [3.8, 4) is 11.8 Å².